The molecule has 3 heterocycles. The summed E-state index contributed by atoms with van der Waals surface area (Å²) in [6.45, 7) is 3.84. The van der Waals surface area contributed by atoms with Gasteiger partial charge in [-0.05, 0) is 37.1 Å². The molecule has 0 saturated carbocycles. The van der Waals surface area contributed by atoms with Crippen LogP contribution in [0.3, 0.4) is 0 Å². The molecule has 156 valence electrons. The molecule has 1 aliphatic heterocycles. The van der Waals surface area contributed by atoms with Crippen molar-refractivity contribution in [1.29, 1.82) is 0 Å². The van der Waals surface area contributed by atoms with Gasteiger partial charge in [-0.15, -0.1) is 10.2 Å². The number of nitrogens with zero attached hydrogens (tertiary/aromatic N) is 3. The molecule has 0 radical (unpaired) electrons. The van der Waals surface area contributed by atoms with E-state index >= 15 is 0 Å². The Hall–Kier alpha value is -3.52. The van der Waals surface area contributed by atoms with Crippen molar-refractivity contribution in [3.63, 3.8) is 0 Å². The van der Waals surface area contributed by atoms with Crippen molar-refractivity contribution in [2.24, 2.45) is 0 Å². The lowest BCUT2D eigenvalue weighted by atomic mass is 9.97. The van der Waals surface area contributed by atoms with Gasteiger partial charge in [0.1, 0.15) is 22.4 Å². The van der Waals surface area contributed by atoms with Crippen LogP contribution in [0.5, 0.6) is 5.75 Å². The number of aryl methyl sites for hydroxylation is 2. The van der Waals surface area contributed by atoms with Crippen LogP contribution in [0.1, 0.15) is 45.2 Å². The largest absolute Gasteiger partial charge is 0.496 e. The summed E-state index contributed by atoms with van der Waals surface area (Å²) < 4.78 is 11.6. The lowest BCUT2D eigenvalue weighted by molar-refractivity contribution is 0.0970. The van der Waals surface area contributed by atoms with Crippen molar-refractivity contribution in [3.8, 4) is 5.75 Å². The van der Waals surface area contributed by atoms with Crippen LogP contribution in [0.15, 0.2) is 51.7 Å². The van der Waals surface area contributed by atoms with Gasteiger partial charge >= 0.3 is 0 Å². The standard InChI is InChI=1S/C23H19N3O4S/c1-4-13-9-10-17-15(11-13)20(27)18-19(14-7-5-6-8-16(14)29-3)26(22(28)21(18)30-17)23-25-24-12(2)31-23/h5-11,19H,4H2,1-3H3. The molecule has 0 saturated heterocycles. The number of rotatable bonds is 4. The molecule has 0 aliphatic carbocycles. The topological polar surface area (TPSA) is 85.5 Å². The number of carbonyl (C=O) groups excluding carboxylic acids is 1. The van der Waals surface area contributed by atoms with Crippen LogP contribution in [0, 0.1) is 6.92 Å². The molecule has 1 amide bonds. The molecule has 1 atom stereocenters. The maximum absolute atomic E-state index is 13.7. The summed E-state index contributed by atoms with van der Waals surface area (Å²) in [4.78, 5) is 28.7. The molecule has 0 N–H and O–H groups in total. The fourth-order valence-corrected chi connectivity index (χ4v) is 4.72. The Labute approximate surface area is 181 Å². The number of hydrogen-bond donors (Lipinski definition) is 0. The second-order valence-corrected chi connectivity index (χ2v) is 8.44. The van der Waals surface area contributed by atoms with Gasteiger partial charge in [-0.3, -0.25) is 14.5 Å². The van der Waals surface area contributed by atoms with Gasteiger partial charge in [0.05, 0.1) is 18.1 Å². The first-order chi connectivity index (χ1) is 15.0. The van der Waals surface area contributed by atoms with E-state index in [-0.39, 0.29) is 11.2 Å². The number of aromatic nitrogens is 2. The second kappa shape index (κ2) is 7.31. The van der Waals surface area contributed by atoms with E-state index in [1.807, 2.05) is 44.2 Å². The molecule has 7 nitrogen and oxygen atoms in total. The van der Waals surface area contributed by atoms with Crippen LogP contribution in [0.25, 0.3) is 11.0 Å². The molecule has 2 aromatic carbocycles. The van der Waals surface area contributed by atoms with Crippen molar-refractivity contribution in [3.05, 3.63) is 80.1 Å². The van der Waals surface area contributed by atoms with Crippen LogP contribution in [-0.4, -0.2) is 23.2 Å². The smallest absolute Gasteiger partial charge is 0.297 e. The zero-order valence-electron chi connectivity index (χ0n) is 17.2. The summed E-state index contributed by atoms with van der Waals surface area (Å²) in [7, 11) is 1.56. The van der Waals surface area contributed by atoms with Crippen molar-refractivity contribution in [2.75, 3.05) is 12.0 Å². The highest BCUT2D eigenvalue weighted by Crippen LogP contribution is 2.44. The SMILES string of the molecule is CCc1ccc2oc3c(c(=O)c2c1)C(c1ccccc1OC)N(c1nnc(C)s1)C3=O. The van der Waals surface area contributed by atoms with Crippen molar-refractivity contribution in [1.82, 2.24) is 10.2 Å². The van der Waals surface area contributed by atoms with Crippen LogP contribution in [0.4, 0.5) is 5.13 Å². The second-order valence-electron chi connectivity index (χ2n) is 7.28. The van der Waals surface area contributed by atoms with Gasteiger partial charge in [-0.1, -0.05) is 42.5 Å². The first-order valence-electron chi connectivity index (χ1n) is 9.89. The third kappa shape index (κ3) is 2.94. The van der Waals surface area contributed by atoms with Gasteiger partial charge in [-0.2, -0.15) is 0 Å². The maximum atomic E-state index is 13.7. The number of hydrogen-bond acceptors (Lipinski definition) is 7. The van der Waals surface area contributed by atoms with Gasteiger partial charge in [-0.25, -0.2) is 0 Å². The third-order valence-corrected chi connectivity index (χ3v) is 6.34. The van der Waals surface area contributed by atoms with E-state index in [9.17, 15) is 9.59 Å². The summed E-state index contributed by atoms with van der Waals surface area (Å²) in [5.74, 6) is 0.187. The minimum Gasteiger partial charge on any atom is -0.496 e. The number of ether oxygens (including phenoxy) is 1. The van der Waals surface area contributed by atoms with E-state index in [1.165, 1.54) is 16.2 Å². The predicted molar refractivity (Wildman–Crippen MR) is 118 cm³/mol. The fraction of sp³-hybridized carbons (Fsp3) is 0.217. The molecule has 31 heavy (non-hydrogen) atoms. The summed E-state index contributed by atoms with van der Waals surface area (Å²) in [5, 5.41) is 9.82. The van der Waals surface area contributed by atoms with E-state index in [0.717, 1.165) is 17.0 Å². The van der Waals surface area contributed by atoms with E-state index in [2.05, 4.69) is 10.2 Å². The number of carbonyl (C=O) groups is 1. The van der Waals surface area contributed by atoms with Crippen LogP contribution in [0.2, 0.25) is 0 Å². The lowest BCUT2D eigenvalue weighted by Crippen LogP contribution is -2.29. The molecule has 0 bridgehead atoms. The zero-order valence-corrected chi connectivity index (χ0v) is 18.0. The monoisotopic (exact) mass is 433 g/mol. The molecule has 8 heteroatoms. The molecular weight excluding hydrogens is 414 g/mol. The zero-order chi connectivity index (χ0) is 21.7. The number of fused-ring (bicyclic) bond motifs is 2. The molecule has 5 rings (SSSR count). The van der Waals surface area contributed by atoms with Gasteiger partial charge < -0.3 is 9.15 Å². The molecule has 1 aliphatic rings. The number of anilines is 1. The van der Waals surface area contributed by atoms with E-state index in [1.54, 1.807) is 19.2 Å². The van der Waals surface area contributed by atoms with Gasteiger partial charge in [0, 0.05) is 5.56 Å². The van der Waals surface area contributed by atoms with E-state index in [4.69, 9.17) is 9.15 Å². The summed E-state index contributed by atoms with van der Waals surface area (Å²) in [5.41, 5.74) is 2.17. The quantitative estimate of drug-likeness (QED) is 0.478. The Morgan fingerprint density at radius 3 is 2.68 bits per heavy atom. The number of para-hydroxylation sites is 1. The maximum Gasteiger partial charge on any atom is 0.297 e. The van der Waals surface area contributed by atoms with Crippen LogP contribution >= 0.6 is 11.3 Å². The van der Waals surface area contributed by atoms with Crippen molar-refractivity contribution < 1.29 is 13.9 Å². The van der Waals surface area contributed by atoms with Gasteiger partial charge in [0.2, 0.25) is 10.9 Å². The Balaban J connectivity index is 1.84. The third-order valence-electron chi connectivity index (χ3n) is 5.50. The fourth-order valence-electron chi connectivity index (χ4n) is 4.01. The Kier molecular flexibility index (Phi) is 4.59. The summed E-state index contributed by atoms with van der Waals surface area (Å²) >= 11 is 1.29. The highest BCUT2D eigenvalue weighted by molar-refractivity contribution is 7.15. The number of amides is 1. The summed E-state index contributed by atoms with van der Waals surface area (Å²) in [6.07, 6.45) is 0.789. The van der Waals surface area contributed by atoms with Gasteiger partial charge in [0.25, 0.3) is 5.91 Å². The minimum atomic E-state index is -0.725. The Morgan fingerprint density at radius 1 is 1.16 bits per heavy atom. The average Bonchev–Trinajstić information content (AvgIpc) is 3.34. The highest BCUT2D eigenvalue weighted by atomic mass is 32.1. The molecule has 1 unspecified atom stereocenters. The summed E-state index contributed by atoms with van der Waals surface area (Å²) in [6, 6.07) is 12.1. The number of methoxy groups -OCH3 is 1. The Morgan fingerprint density at radius 2 is 1.97 bits per heavy atom. The van der Waals surface area contributed by atoms with E-state index < -0.39 is 11.9 Å². The average molecular weight is 433 g/mol. The van der Waals surface area contributed by atoms with E-state index in [0.29, 0.717) is 33.0 Å². The van der Waals surface area contributed by atoms with Crippen molar-refractivity contribution >= 4 is 33.3 Å². The molecule has 0 fully saturated rings. The lowest BCUT2D eigenvalue weighted by Gasteiger charge is -2.23. The van der Waals surface area contributed by atoms with Gasteiger partial charge in [0.15, 0.2) is 5.43 Å². The molecule has 2 aromatic heterocycles. The predicted octanol–water partition coefficient (Wildman–Crippen LogP) is 4.27. The first-order valence-corrected chi connectivity index (χ1v) is 10.7. The van der Waals surface area contributed by atoms with Crippen LogP contribution < -0.4 is 15.1 Å². The number of benzene rings is 2. The molecule has 4 aromatic rings. The normalized spacial score (nSPS) is 15.5. The Bertz CT molecular complexity index is 1390. The minimum absolute atomic E-state index is 0.0329. The first kappa shape index (κ1) is 19.4. The molecule has 0 spiro atoms. The van der Waals surface area contributed by atoms with Crippen LogP contribution in [-0.2, 0) is 6.42 Å². The highest BCUT2D eigenvalue weighted by Gasteiger charge is 2.46. The van der Waals surface area contributed by atoms with Crippen molar-refractivity contribution in [2.45, 2.75) is 26.3 Å². The molecular formula is C23H19N3O4S.